The lowest BCUT2D eigenvalue weighted by molar-refractivity contribution is 0.102. The summed E-state index contributed by atoms with van der Waals surface area (Å²) in [5, 5.41) is 2.85. The Morgan fingerprint density at radius 1 is 0.957 bits per heavy atom. The van der Waals surface area contributed by atoms with E-state index < -0.39 is 0 Å². The van der Waals surface area contributed by atoms with Crippen LogP contribution in [0.25, 0.3) is 11.4 Å². The highest BCUT2D eigenvalue weighted by atomic mass is 16.5. The maximum absolute atomic E-state index is 12.4. The van der Waals surface area contributed by atoms with Gasteiger partial charge in [-0.1, -0.05) is 6.07 Å². The van der Waals surface area contributed by atoms with Gasteiger partial charge in [-0.05, 0) is 48.5 Å². The number of benzene rings is 1. The summed E-state index contributed by atoms with van der Waals surface area (Å²) in [5.41, 5.74) is 2.61. The summed E-state index contributed by atoms with van der Waals surface area (Å²) in [4.78, 5) is 20.9. The Morgan fingerprint density at radius 3 is 2.43 bits per heavy atom. The van der Waals surface area contributed by atoms with Crippen molar-refractivity contribution in [3.63, 3.8) is 0 Å². The first kappa shape index (κ1) is 14.7. The molecule has 0 aliphatic heterocycles. The molecule has 5 nitrogen and oxygen atoms in total. The van der Waals surface area contributed by atoms with E-state index in [9.17, 15) is 4.79 Å². The van der Waals surface area contributed by atoms with Gasteiger partial charge in [-0.2, -0.15) is 0 Å². The normalized spacial score (nSPS) is 10.1. The second kappa shape index (κ2) is 6.70. The average molecular weight is 305 g/mol. The molecule has 5 heteroatoms. The van der Waals surface area contributed by atoms with Crippen molar-refractivity contribution in [3.8, 4) is 17.1 Å². The van der Waals surface area contributed by atoms with Crippen LogP contribution in [0.1, 0.15) is 10.4 Å². The van der Waals surface area contributed by atoms with Crippen molar-refractivity contribution in [2.75, 3.05) is 12.4 Å². The predicted molar refractivity (Wildman–Crippen MR) is 88.4 cm³/mol. The molecule has 114 valence electrons. The van der Waals surface area contributed by atoms with Crippen molar-refractivity contribution in [1.82, 2.24) is 9.97 Å². The van der Waals surface area contributed by atoms with Gasteiger partial charge in [-0.15, -0.1) is 0 Å². The average Bonchev–Trinajstić information content (AvgIpc) is 2.63. The molecule has 2 aromatic heterocycles. The number of methoxy groups -OCH3 is 1. The number of anilines is 1. The van der Waals surface area contributed by atoms with E-state index in [1.165, 1.54) is 0 Å². The summed E-state index contributed by atoms with van der Waals surface area (Å²) in [5.74, 6) is 0.541. The number of carbonyl (C=O) groups excluding carboxylic acids is 1. The van der Waals surface area contributed by atoms with Crippen LogP contribution in [0.4, 0.5) is 5.69 Å². The van der Waals surface area contributed by atoms with E-state index in [-0.39, 0.29) is 5.91 Å². The van der Waals surface area contributed by atoms with Crippen LogP contribution in [-0.2, 0) is 0 Å². The molecule has 0 atom stereocenters. The van der Waals surface area contributed by atoms with Gasteiger partial charge in [0.05, 0.1) is 18.5 Å². The van der Waals surface area contributed by atoms with E-state index in [0.29, 0.717) is 16.9 Å². The maximum atomic E-state index is 12.4. The molecule has 0 saturated carbocycles. The fraction of sp³-hybridized carbons (Fsp3) is 0.0556. The molecular weight excluding hydrogens is 290 g/mol. The first-order chi connectivity index (χ1) is 11.3. The Labute approximate surface area is 134 Å². The highest BCUT2D eigenvalue weighted by Crippen LogP contribution is 2.18. The topological polar surface area (TPSA) is 64.1 Å². The number of nitrogens with zero attached hydrogens (tertiary/aromatic N) is 2. The van der Waals surface area contributed by atoms with Crippen molar-refractivity contribution in [2.45, 2.75) is 0 Å². The largest absolute Gasteiger partial charge is 0.497 e. The molecule has 1 aromatic carbocycles. The van der Waals surface area contributed by atoms with Gasteiger partial charge in [0.1, 0.15) is 5.75 Å². The number of ether oxygens (including phenoxy) is 1. The van der Waals surface area contributed by atoms with Crippen LogP contribution < -0.4 is 10.1 Å². The smallest absolute Gasteiger partial charge is 0.255 e. The third kappa shape index (κ3) is 3.52. The molecule has 2 heterocycles. The van der Waals surface area contributed by atoms with E-state index in [2.05, 4.69) is 15.3 Å². The monoisotopic (exact) mass is 305 g/mol. The molecule has 0 aliphatic rings. The molecule has 23 heavy (non-hydrogen) atoms. The van der Waals surface area contributed by atoms with Crippen LogP contribution in [0.5, 0.6) is 5.75 Å². The van der Waals surface area contributed by atoms with Gasteiger partial charge in [-0.25, -0.2) is 0 Å². The predicted octanol–water partition coefficient (Wildman–Crippen LogP) is 3.40. The second-order valence-corrected chi connectivity index (χ2v) is 4.83. The van der Waals surface area contributed by atoms with Crippen LogP contribution in [0.15, 0.2) is 67.0 Å². The molecule has 0 unspecified atom stereocenters. The molecule has 0 bridgehead atoms. The van der Waals surface area contributed by atoms with Crippen LogP contribution in [-0.4, -0.2) is 23.0 Å². The van der Waals surface area contributed by atoms with Crippen LogP contribution in [0, 0.1) is 0 Å². The van der Waals surface area contributed by atoms with Gasteiger partial charge in [0, 0.05) is 23.6 Å². The standard InChI is InChI=1S/C18H15N3O2/c1-23-15-7-5-14(6-8-15)21-18(22)13-9-11-20-17(12-13)16-4-2-3-10-19-16/h2-12H,1H3,(H,21,22). The van der Waals surface area contributed by atoms with E-state index in [1.54, 1.807) is 55.9 Å². The Balaban J connectivity index is 1.79. The van der Waals surface area contributed by atoms with Crippen molar-refractivity contribution < 1.29 is 9.53 Å². The number of nitrogens with one attached hydrogen (secondary N) is 1. The second-order valence-electron chi connectivity index (χ2n) is 4.83. The fourth-order valence-corrected chi connectivity index (χ4v) is 2.10. The lowest BCUT2D eigenvalue weighted by atomic mass is 10.1. The molecule has 0 saturated heterocycles. The quantitative estimate of drug-likeness (QED) is 0.802. The summed E-state index contributed by atoms with van der Waals surface area (Å²) in [6.07, 6.45) is 3.30. The van der Waals surface area contributed by atoms with E-state index in [1.807, 2.05) is 18.2 Å². The molecule has 0 radical (unpaired) electrons. The zero-order valence-corrected chi connectivity index (χ0v) is 12.6. The minimum absolute atomic E-state index is 0.199. The minimum atomic E-state index is -0.199. The van der Waals surface area contributed by atoms with Gasteiger partial charge >= 0.3 is 0 Å². The molecule has 3 rings (SSSR count). The van der Waals surface area contributed by atoms with Gasteiger partial charge in [0.2, 0.25) is 0 Å². The van der Waals surface area contributed by atoms with Crippen molar-refractivity contribution >= 4 is 11.6 Å². The summed E-state index contributed by atoms with van der Waals surface area (Å²) < 4.78 is 5.10. The summed E-state index contributed by atoms with van der Waals surface area (Å²) in [6, 6.07) is 16.1. The number of hydrogen-bond donors (Lipinski definition) is 1. The summed E-state index contributed by atoms with van der Waals surface area (Å²) in [7, 11) is 1.60. The van der Waals surface area contributed by atoms with Crippen molar-refractivity contribution in [3.05, 3.63) is 72.6 Å². The number of carbonyl (C=O) groups is 1. The fourth-order valence-electron chi connectivity index (χ4n) is 2.10. The van der Waals surface area contributed by atoms with Crippen molar-refractivity contribution in [2.24, 2.45) is 0 Å². The zero-order valence-electron chi connectivity index (χ0n) is 12.6. The number of hydrogen-bond acceptors (Lipinski definition) is 4. The first-order valence-electron chi connectivity index (χ1n) is 7.09. The Hall–Kier alpha value is -3.21. The van der Waals surface area contributed by atoms with Gasteiger partial charge in [0.25, 0.3) is 5.91 Å². The van der Waals surface area contributed by atoms with Crippen molar-refractivity contribution in [1.29, 1.82) is 0 Å². The zero-order chi connectivity index (χ0) is 16.1. The number of amides is 1. The van der Waals surface area contributed by atoms with Crippen LogP contribution >= 0.6 is 0 Å². The molecule has 1 amide bonds. The number of aromatic nitrogens is 2. The SMILES string of the molecule is COc1ccc(NC(=O)c2ccnc(-c3ccccn3)c2)cc1. The van der Waals surface area contributed by atoms with E-state index >= 15 is 0 Å². The van der Waals surface area contributed by atoms with Crippen LogP contribution in [0.3, 0.4) is 0 Å². The lowest BCUT2D eigenvalue weighted by Crippen LogP contribution is -2.12. The highest BCUT2D eigenvalue weighted by molar-refractivity contribution is 6.04. The Bertz CT molecular complexity index is 802. The molecular formula is C18H15N3O2. The molecule has 3 aromatic rings. The summed E-state index contributed by atoms with van der Waals surface area (Å²) >= 11 is 0. The van der Waals surface area contributed by atoms with Gasteiger partial charge in [-0.3, -0.25) is 14.8 Å². The van der Waals surface area contributed by atoms with Gasteiger partial charge in [0.15, 0.2) is 0 Å². The maximum Gasteiger partial charge on any atom is 0.255 e. The van der Waals surface area contributed by atoms with E-state index in [4.69, 9.17) is 4.74 Å². The molecule has 0 aliphatic carbocycles. The summed E-state index contributed by atoms with van der Waals surface area (Å²) in [6.45, 7) is 0. The lowest BCUT2D eigenvalue weighted by Gasteiger charge is -2.07. The minimum Gasteiger partial charge on any atom is -0.497 e. The van der Waals surface area contributed by atoms with Gasteiger partial charge < -0.3 is 10.1 Å². The third-order valence-electron chi connectivity index (χ3n) is 3.30. The number of pyridine rings is 2. The van der Waals surface area contributed by atoms with Crippen LogP contribution in [0.2, 0.25) is 0 Å². The highest BCUT2D eigenvalue weighted by Gasteiger charge is 2.09. The molecule has 1 N–H and O–H groups in total. The Kier molecular flexibility index (Phi) is 4.29. The first-order valence-corrected chi connectivity index (χ1v) is 7.09. The van der Waals surface area contributed by atoms with E-state index in [0.717, 1.165) is 11.4 Å². The molecule has 0 spiro atoms. The number of rotatable bonds is 4. The molecule has 0 fully saturated rings. The Morgan fingerprint density at radius 2 is 1.74 bits per heavy atom. The third-order valence-corrected chi connectivity index (χ3v) is 3.30.